The molecule has 3 N–H and O–H groups in total. The molecule has 0 aliphatic carbocycles. The molecule has 1 heterocycles. The number of benzene rings is 2. The van der Waals surface area contributed by atoms with Gasteiger partial charge >= 0.3 is 5.97 Å². The smallest absolute Gasteiger partial charge is 0.342 e. The Morgan fingerprint density at radius 3 is 2.23 bits per heavy atom. The third kappa shape index (κ3) is 6.02. The van der Waals surface area contributed by atoms with Crippen LogP contribution in [-0.4, -0.2) is 40.7 Å². The van der Waals surface area contributed by atoms with Crippen molar-refractivity contribution in [1.29, 1.82) is 0 Å². The summed E-state index contributed by atoms with van der Waals surface area (Å²) >= 11 is 0. The van der Waals surface area contributed by atoms with Gasteiger partial charge in [0.2, 0.25) is 5.91 Å². The van der Waals surface area contributed by atoms with Crippen LogP contribution in [0, 0.1) is 13.8 Å². The third-order valence-corrected chi connectivity index (χ3v) is 4.57. The first-order valence-corrected chi connectivity index (χ1v) is 9.74. The zero-order valence-corrected chi connectivity index (χ0v) is 17.4. The molecule has 2 aromatic carbocycles. The molecule has 0 radical (unpaired) electrons. The predicted octanol–water partition coefficient (Wildman–Crippen LogP) is 1.97. The van der Waals surface area contributed by atoms with E-state index in [0.717, 1.165) is 22.3 Å². The van der Waals surface area contributed by atoms with Gasteiger partial charge in [0.25, 0.3) is 5.91 Å². The van der Waals surface area contributed by atoms with Crippen molar-refractivity contribution >= 4 is 17.8 Å². The molecule has 0 atom stereocenters. The van der Waals surface area contributed by atoms with E-state index in [1.54, 1.807) is 10.9 Å². The molecular formula is C23H24N4O4. The second-order valence-corrected chi connectivity index (χ2v) is 7.26. The van der Waals surface area contributed by atoms with Gasteiger partial charge in [0, 0.05) is 11.8 Å². The first-order valence-electron chi connectivity index (χ1n) is 9.74. The number of aryl methyl sites for hydroxylation is 2. The Bertz CT molecular complexity index is 1090. The Kier molecular flexibility index (Phi) is 6.81. The average molecular weight is 420 g/mol. The zero-order valence-electron chi connectivity index (χ0n) is 17.4. The second-order valence-electron chi connectivity index (χ2n) is 7.26. The Morgan fingerprint density at radius 1 is 1.00 bits per heavy atom. The monoisotopic (exact) mass is 420 g/mol. The normalized spacial score (nSPS) is 10.5. The molecule has 2 amide bonds. The van der Waals surface area contributed by atoms with Gasteiger partial charge in [0.15, 0.2) is 6.61 Å². The summed E-state index contributed by atoms with van der Waals surface area (Å²) in [4.78, 5) is 35.2. The first-order chi connectivity index (χ1) is 14.8. The van der Waals surface area contributed by atoms with E-state index in [1.807, 2.05) is 62.4 Å². The molecule has 8 heteroatoms. The van der Waals surface area contributed by atoms with Crippen LogP contribution in [0.25, 0.3) is 11.3 Å². The topological polar surface area (TPSA) is 116 Å². The maximum Gasteiger partial charge on any atom is 0.342 e. The number of nitrogens with zero attached hydrogens (tertiary/aromatic N) is 2. The largest absolute Gasteiger partial charge is 0.452 e. The van der Waals surface area contributed by atoms with Crippen molar-refractivity contribution in [3.63, 3.8) is 0 Å². The Hall–Kier alpha value is -3.94. The van der Waals surface area contributed by atoms with Crippen molar-refractivity contribution in [2.24, 2.45) is 5.73 Å². The average Bonchev–Trinajstić information content (AvgIpc) is 3.16. The number of hydrogen-bond donors (Lipinski definition) is 2. The highest BCUT2D eigenvalue weighted by Gasteiger charge is 2.20. The minimum Gasteiger partial charge on any atom is -0.452 e. The molecule has 0 aliphatic rings. The summed E-state index contributed by atoms with van der Waals surface area (Å²) in [5.74, 6) is -1.98. The van der Waals surface area contributed by atoms with Gasteiger partial charge in [-0.2, -0.15) is 5.10 Å². The summed E-state index contributed by atoms with van der Waals surface area (Å²) in [6.07, 6.45) is 1.61. The number of ether oxygens (including phenoxy) is 1. The van der Waals surface area contributed by atoms with Crippen molar-refractivity contribution in [3.8, 4) is 11.3 Å². The van der Waals surface area contributed by atoms with Crippen LogP contribution in [0.4, 0.5) is 0 Å². The van der Waals surface area contributed by atoms with Gasteiger partial charge in [-0.25, -0.2) is 4.79 Å². The molecule has 3 rings (SSSR count). The minimum absolute atomic E-state index is 0.249. The lowest BCUT2D eigenvalue weighted by Crippen LogP contribution is -2.36. The van der Waals surface area contributed by atoms with Crippen LogP contribution in [0.5, 0.6) is 0 Å². The predicted molar refractivity (Wildman–Crippen MR) is 115 cm³/mol. The van der Waals surface area contributed by atoms with E-state index < -0.39 is 24.4 Å². The molecule has 0 saturated carbocycles. The van der Waals surface area contributed by atoms with Crippen LogP contribution in [0.2, 0.25) is 0 Å². The van der Waals surface area contributed by atoms with Crippen molar-refractivity contribution in [2.45, 2.75) is 20.4 Å². The van der Waals surface area contributed by atoms with E-state index in [1.165, 1.54) is 0 Å². The van der Waals surface area contributed by atoms with Crippen LogP contribution < -0.4 is 11.1 Å². The lowest BCUT2D eigenvalue weighted by atomic mass is 10.1. The maximum atomic E-state index is 12.7. The summed E-state index contributed by atoms with van der Waals surface area (Å²) in [5, 5.41) is 6.86. The van der Waals surface area contributed by atoms with Gasteiger partial charge in [0.1, 0.15) is 11.3 Å². The molecule has 3 aromatic rings. The molecule has 160 valence electrons. The molecule has 0 spiro atoms. The molecule has 31 heavy (non-hydrogen) atoms. The number of aromatic nitrogens is 2. The highest BCUT2D eigenvalue weighted by Crippen LogP contribution is 2.24. The van der Waals surface area contributed by atoms with Crippen molar-refractivity contribution in [3.05, 3.63) is 77.0 Å². The van der Waals surface area contributed by atoms with Gasteiger partial charge in [-0.1, -0.05) is 59.7 Å². The van der Waals surface area contributed by atoms with E-state index in [2.05, 4.69) is 10.4 Å². The Labute approximate surface area is 180 Å². The minimum atomic E-state index is -0.682. The number of hydrogen-bond acceptors (Lipinski definition) is 5. The second kappa shape index (κ2) is 9.71. The molecule has 0 unspecified atom stereocenters. The fourth-order valence-corrected chi connectivity index (χ4v) is 2.90. The van der Waals surface area contributed by atoms with Crippen molar-refractivity contribution in [2.75, 3.05) is 13.2 Å². The van der Waals surface area contributed by atoms with E-state index in [-0.39, 0.29) is 12.1 Å². The molecule has 0 fully saturated rings. The van der Waals surface area contributed by atoms with Gasteiger partial charge in [-0.3, -0.25) is 14.3 Å². The third-order valence-electron chi connectivity index (χ3n) is 4.57. The summed E-state index contributed by atoms with van der Waals surface area (Å²) in [6, 6.07) is 15.7. The lowest BCUT2D eigenvalue weighted by molar-refractivity contribution is -0.127. The molecule has 8 nitrogen and oxygen atoms in total. The highest BCUT2D eigenvalue weighted by molar-refractivity contribution is 5.97. The standard InChI is InChI=1S/C23H24N4O4/c1-15-3-7-17(8-4-15)12-27-13-19(22(26-27)18-9-5-16(2)6-10-18)23(30)31-14-21(29)25-11-20(24)28/h3-10,13H,11-12,14H2,1-2H3,(H2,24,28)(H,25,29). The first kappa shape index (κ1) is 21.8. The summed E-state index contributed by atoms with van der Waals surface area (Å²) < 4.78 is 6.80. The number of amides is 2. The Balaban J connectivity index is 1.82. The summed E-state index contributed by atoms with van der Waals surface area (Å²) in [6.45, 7) is 3.62. The number of nitrogens with one attached hydrogen (secondary N) is 1. The van der Waals surface area contributed by atoms with Crippen molar-refractivity contribution in [1.82, 2.24) is 15.1 Å². The highest BCUT2D eigenvalue weighted by atomic mass is 16.5. The number of rotatable bonds is 8. The molecule has 0 bridgehead atoms. The maximum absolute atomic E-state index is 12.7. The van der Waals surface area contributed by atoms with E-state index in [4.69, 9.17) is 10.5 Å². The zero-order chi connectivity index (χ0) is 22.4. The van der Waals surface area contributed by atoms with Crippen LogP contribution in [-0.2, 0) is 20.9 Å². The van der Waals surface area contributed by atoms with Crippen molar-refractivity contribution < 1.29 is 19.1 Å². The summed E-state index contributed by atoms with van der Waals surface area (Å²) in [5.41, 5.74) is 9.74. The number of carbonyl (C=O) groups excluding carboxylic acids is 3. The van der Waals surface area contributed by atoms with Gasteiger partial charge < -0.3 is 15.8 Å². The number of carbonyl (C=O) groups is 3. The van der Waals surface area contributed by atoms with Crippen LogP contribution in [0.15, 0.2) is 54.7 Å². The Morgan fingerprint density at radius 2 is 1.61 bits per heavy atom. The van der Waals surface area contributed by atoms with E-state index >= 15 is 0 Å². The molecule has 0 aliphatic heterocycles. The van der Waals surface area contributed by atoms with Crippen LogP contribution >= 0.6 is 0 Å². The van der Waals surface area contributed by atoms with E-state index in [0.29, 0.717) is 12.2 Å². The molecular weight excluding hydrogens is 396 g/mol. The summed E-state index contributed by atoms with van der Waals surface area (Å²) in [7, 11) is 0. The fourth-order valence-electron chi connectivity index (χ4n) is 2.90. The van der Waals surface area contributed by atoms with Gasteiger partial charge in [-0.15, -0.1) is 0 Å². The number of primary amides is 1. The van der Waals surface area contributed by atoms with Crippen LogP contribution in [0.1, 0.15) is 27.0 Å². The SMILES string of the molecule is Cc1ccc(Cn2cc(C(=O)OCC(=O)NCC(N)=O)c(-c3ccc(C)cc3)n2)cc1. The number of nitrogens with two attached hydrogens (primary N) is 1. The van der Waals surface area contributed by atoms with Gasteiger partial charge in [-0.05, 0) is 19.4 Å². The van der Waals surface area contributed by atoms with Crippen LogP contribution in [0.3, 0.4) is 0 Å². The van der Waals surface area contributed by atoms with E-state index in [9.17, 15) is 14.4 Å². The van der Waals surface area contributed by atoms with Gasteiger partial charge in [0.05, 0.1) is 13.1 Å². The lowest BCUT2D eigenvalue weighted by Gasteiger charge is -2.05. The molecule has 0 saturated heterocycles. The fraction of sp³-hybridized carbons (Fsp3) is 0.217. The molecule has 1 aromatic heterocycles. The quantitative estimate of drug-likeness (QED) is 0.541. The number of esters is 1.